The molecule has 1 heterocycles. The second-order valence-corrected chi connectivity index (χ2v) is 8.31. The SMILES string of the molecule is O=C(O)C1CCCC(C(=O)Nc2cc(Cl)ccc2N2CCSCC2)C1. The Labute approximate surface area is 157 Å². The summed E-state index contributed by atoms with van der Waals surface area (Å²) < 4.78 is 0. The van der Waals surface area contributed by atoms with Crippen LogP contribution in [-0.2, 0) is 9.59 Å². The molecule has 2 atom stereocenters. The molecule has 25 heavy (non-hydrogen) atoms. The maximum atomic E-state index is 12.7. The van der Waals surface area contributed by atoms with Crippen molar-refractivity contribution in [3.05, 3.63) is 23.2 Å². The van der Waals surface area contributed by atoms with E-state index in [0.717, 1.165) is 48.8 Å². The number of rotatable bonds is 4. The number of carboxylic acid groups (broad SMARTS) is 1. The lowest BCUT2D eigenvalue weighted by atomic mass is 9.81. The fourth-order valence-electron chi connectivity index (χ4n) is 3.58. The van der Waals surface area contributed by atoms with Crippen LogP contribution < -0.4 is 10.2 Å². The van der Waals surface area contributed by atoms with Crippen LogP contribution in [-0.4, -0.2) is 41.6 Å². The van der Waals surface area contributed by atoms with Crippen molar-refractivity contribution in [2.75, 3.05) is 34.8 Å². The fourth-order valence-corrected chi connectivity index (χ4v) is 4.65. The van der Waals surface area contributed by atoms with Crippen molar-refractivity contribution in [1.82, 2.24) is 0 Å². The van der Waals surface area contributed by atoms with Gasteiger partial charge in [-0.15, -0.1) is 0 Å². The van der Waals surface area contributed by atoms with Crippen LogP contribution in [0.2, 0.25) is 5.02 Å². The fraction of sp³-hybridized carbons (Fsp3) is 0.556. The number of thioether (sulfide) groups is 1. The number of halogens is 1. The van der Waals surface area contributed by atoms with Gasteiger partial charge < -0.3 is 15.3 Å². The van der Waals surface area contributed by atoms with Crippen molar-refractivity contribution in [3.8, 4) is 0 Å². The minimum Gasteiger partial charge on any atom is -0.481 e. The Balaban J connectivity index is 1.74. The second-order valence-electron chi connectivity index (χ2n) is 6.65. The largest absolute Gasteiger partial charge is 0.481 e. The van der Waals surface area contributed by atoms with Crippen molar-refractivity contribution >= 4 is 46.6 Å². The highest BCUT2D eigenvalue weighted by Crippen LogP contribution is 2.34. The van der Waals surface area contributed by atoms with Crippen LogP contribution in [0.5, 0.6) is 0 Å². The van der Waals surface area contributed by atoms with Crippen molar-refractivity contribution < 1.29 is 14.7 Å². The van der Waals surface area contributed by atoms with Crippen LogP contribution in [0, 0.1) is 11.8 Å². The standard InChI is InChI=1S/C18H23ClN2O3S/c19-14-4-5-16(21-6-8-25-9-7-21)15(11-14)20-17(22)12-2-1-3-13(10-12)18(23)24/h4-5,11-13H,1-3,6-10H2,(H,20,22)(H,23,24). The van der Waals surface area contributed by atoms with Gasteiger partial charge in [0.2, 0.25) is 5.91 Å². The average Bonchev–Trinajstić information content (AvgIpc) is 2.62. The molecule has 7 heteroatoms. The third-order valence-corrected chi connectivity index (χ3v) is 6.14. The zero-order valence-electron chi connectivity index (χ0n) is 14.0. The van der Waals surface area contributed by atoms with Crippen molar-refractivity contribution in [3.63, 3.8) is 0 Å². The van der Waals surface area contributed by atoms with Crippen LogP contribution in [0.25, 0.3) is 0 Å². The maximum absolute atomic E-state index is 12.7. The van der Waals surface area contributed by atoms with E-state index in [-0.39, 0.29) is 11.8 Å². The normalized spacial score (nSPS) is 24.0. The average molecular weight is 383 g/mol. The van der Waals surface area contributed by atoms with Gasteiger partial charge in [-0.1, -0.05) is 18.0 Å². The molecule has 1 aromatic carbocycles. The number of nitrogens with zero attached hydrogens (tertiary/aromatic N) is 1. The molecule has 1 aromatic rings. The summed E-state index contributed by atoms with van der Waals surface area (Å²) in [4.78, 5) is 26.2. The van der Waals surface area contributed by atoms with Gasteiger partial charge in [-0.05, 0) is 37.5 Å². The van der Waals surface area contributed by atoms with Gasteiger partial charge >= 0.3 is 5.97 Å². The van der Waals surface area contributed by atoms with Gasteiger partial charge in [0.05, 0.1) is 17.3 Å². The zero-order chi connectivity index (χ0) is 17.8. The number of carbonyl (C=O) groups is 2. The Bertz CT molecular complexity index is 649. The topological polar surface area (TPSA) is 69.6 Å². The molecular formula is C18H23ClN2O3S. The van der Waals surface area contributed by atoms with Crippen LogP contribution in [0.15, 0.2) is 18.2 Å². The third kappa shape index (κ3) is 4.61. The Morgan fingerprint density at radius 2 is 1.92 bits per heavy atom. The molecule has 1 aliphatic heterocycles. The number of hydrogen-bond donors (Lipinski definition) is 2. The van der Waals surface area contributed by atoms with E-state index in [1.165, 1.54) is 0 Å². The molecule has 0 aromatic heterocycles. The Morgan fingerprint density at radius 1 is 1.20 bits per heavy atom. The van der Waals surface area contributed by atoms with Gasteiger partial charge in [-0.25, -0.2) is 0 Å². The minimum atomic E-state index is -0.799. The third-order valence-electron chi connectivity index (χ3n) is 4.96. The predicted octanol–water partition coefficient (Wildman–Crippen LogP) is 3.72. The van der Waals surface area contributed by atoms with Crippen molar-refractivity contribution in [2.45, 2.75) is 25.7 Å². The summed E-state index contributed by atoms with van der Waals surface area (Å²) >= 11 is 8.07. The van der Waals surface area contributed by atoms with Crippen LogP contribution >= 0.6 is 23.4 Å². The van der Waals surface area contributed by atoms with E-state index in [9.17, 15) is 14.7 Å². The minimum absolute atomic E-state index is 0.0964. The summed E-state index contributed by atoms with van der Waals surface area (Å²) in [5.74, 6) is 0.575. The van der Waals surface area contributed by atoms with E-state index in [1.807, 2.05) is 23.9 Å². The molecule has 2 N–H and O–H groups in total. The number of nitrogens with one attached hydrogen (secondary N) is 1. The van der Waals surface area contributed by atoms with E-state index in [1.54, 1.807) is 6.07 Å². The first-order chi connectivity index (χ1) is 12.0. The predicted molar refractivity (Wildman–Crippen MR) is 103 cm³/mol. The number of benzene rings is 1. The summed E-state index contributed by atoms with van der Waals surface area (Å²) in [5.41, 5.74) is 1.71. The van der Waals surface area contributed by atoms with E-state index in [4.69, 9.17) is 11.6 Å². The van der Waals surface area contributed by atoms with E-state index >= 15 is 0 Å². The lowest BCUT2D eigenvalue weighted by Gasteiger charge is -2.31. The summed E-state index contributed by atoms with van der Waals surface area (Å²) in [6.45, 7) is 1.89. The first-order valence-electron chi connectivity index (χ1n) is 8.70. The summed E-state index contributed by atoms with van der Waals surface area (Å²) in [5, 5.41) is 12.8. The molecule has 2 fully saturated rings. The monoisotopic (exact) mass is 382 g/mol. The molecule has 1 saturated heterocycles. The molecule has 136 valence electrons. The van der Waals surface area contributed by atoms with Crippen LogP contribution in [0.4, 0.5) is 11.4 Å². The summed E-state index contributed by atoms with van der Waals surface area (Å²) in [7, 11) is 0. The highest BCUT2D eigenvalue weighted by atomic mass is 35.5. The molecular weight excluding hydrogens is 360 g/mol. The molecule has 0 radical (unpaired) electrons. The molecule has 0 spiro atoms. The van der Waals surface area contributed by atoms with E-state index in [2.05, 4.69) is 10.2 Å². The van der Waals surface area contributed by atoms with Gasteiger partial charge in [0.1, 0.15) is 0 Å². The number of aliphatic carboxylic acids is 1. The number of carbonyl (C=O) groups excluding carboxylic acids is 1. The molecule has 2 unspecified atom stereocenters. The Hall–Kier alpha value is -1.40. The first-order valence-corrected chi connectivity index (χ1v) is 10.2. The van der Waals surface area contributed by atoms with Gasteiger partial charge in [0.25, 0.3) is 0 Å². The molecule has 3 rings (SSSR count). The summed E-state index contributed by atoms with van der Waals surface area (Å²) in [6.07, 6.45) is 2.59. The molecule has 5 nitrogen and oxygen atoms in total. The molecule has 1 saturated carbocycles. The number of hydrogen-bond acceptors (Lipinski definition) is 4. The quantitative estimate of drug-likeness (QED) is 0.830. The maximum Gasteiger partial charge on any atom is 0.306 e. The lowest BCUT2D eigenvalue weighted by molar-refractivity contribution is -0.143. The van der Waals surface area contributed by atoms with Gasteiger partial charge in [-0.3, -0.25) is 9.59 Å². The Morgan fingerprint density at radius 3 is 2.64 bits per heavy atom. The summed E-state index contributed by atoms with van der Waals surface area (Å²) in [6, 6.07) is 5.58. The van der Waals surface area contributed by atoms with Gasteiger partial charge in [0, 0.05) is 35.5 Å². The number of amides is 1. The Kier molecular flexibility index (Phi) is 6.12. The van der Waals surface area contributed by atoms with E-state index < -0.39 is 11.9 Å². The number of anilines is 2. The number of carboxylic acids is 1. The van der Waals surface area contributed by atoms with Gasteiger partial charge in [0.15, 0.2) is 0 Å². The first kappa shape index (κ1) is 18.4. The second kappa shape index (κ2) is 8.32. The van der Waals surface area contributed by atoms with Crippen molar-refractivity contribution in [1.29, 1.82) is 0 Å². The lowest BCUT2D eigenvalue weighted by Crippen LogP contribution is -2.34. The zero-order valence-corrected chi connectivity index (χ0v) is 15.6. The van der Waals surface area contributed by atoms with Gasteiger partial charge in [-0.2, -0.15) is 11.8 Å². The smallest absolute Gasteiger partial charge is 0.306 e. The highest BCUT2D eigenvalue weighted by Gasteiger charge is 2.31. The molecule has 0 bridgehead atoms. The highest BCUT2D eigenvalue weighted by molar-refractivity contribution is 7.99. The molecule has 1 aliphatic carbocycles. The molecule has 2 aliphatic rings. The van der Waals surface area contributed by atoms with E-state index in [0.29, 0.717) is 17.9 Å². The molecule has 1 amide bonds. The van der Waals surface area contributed by atoms with Crippen molar-refractivity contribution in [2.24, 2.45) is 11.8 Å². The van der Waals surface area contributed by atoms with Crippen LogP contribution in [0.1, 0.15) is 25.7 Å². The van der Waals surface area contributed by atoms with Crippen LogP contribution in [0.3, 0.4) is 0 Å².